The molecule has 0 radical (unpaired) electrons. The van der Waals surface area contributed by atoms with Crippen molar-refractivity contribution >= 4 is 0 Å². The molecule has 2 atom stereocenters. The highest BCUT2D eigenvalue weighted by molar-refractivity contribution is 4.95. The maximum Gasteiger partial charge on any atom is 0.0805 e. The smallest absolute Gasteiger partial charge is 0.0805 e. The van der Waals surface area contributed by atoms with Crippen molar-refractivity contribution in [2.75, 3.05) is 13.7 Å². The van der Waals surface area contributed by atoms with Crippen LogP contribution in [0.15, 0.2) is 0 Å². The quantitative estimate of drug-likeness (QED) is 0.734. The Bertz CT molecular complexity index is 168. The van der Waals surface area contributed by atoms with Crippen LogP contribution in [-0.2, 0) is 4.74 Å². The van der Waals surface area contributed by atoms with Gasteiger partial charge in [0.05, 0.1) is 5.60 Å². The van der Waals surface area contributed by atoms with Crippen LogP contribution in [0, 0.1) is 5.41 Å². The summed E-state index contributed by atoms with van der Waals surface area (Å²) in [7, 11) is 1.82. The fourth-order valence-corrected chi connectivity index (χ4v) is 2.19. The summed E-state index contributed by atoms with van der Waals surface area (Å²) < 4.78 is 5.71. The normalized spacial score (nSPS) is 18.6. The Labute approximate surface area is 95.8 Å². The topological polar surface area (TPSA) is 21.3 Å². The Morgan fingerprint density at radius 1 is 1.13 bits per heavy atom. The Balaban J connectivity index is 4.75. The van der Waals surface area contributed by atoms with Crippen LogP contribution in [0.2, 0.25) is 0 Å². The van der Waals surface area contributed by atoms with Gasteiger partial charge in [-0.15, -0.1) is 0 Å². The second-order valence-corrected chi connectivity index (χ2v) is 5.62. The highest BCUT2D eigenvalue weighted by atomic mass is 16.5. The zero-order valence-corrected chi connectivity index (χ0v) is 11.6. The molecule has 0 saturated carbocycles. The molecule has 0 spiro atoms. The monoisotopic (exact) mass is 215 g/mol. The molecule has 0 aliphatic heterocycles. The maximum atomic E-state index is 5.71. The van der Waals surface area contributed by atoms with Crippen molar-refractivity contribution in [1.82, 2.24) is 5.32 Å². The van der Waals surface area contributed by atoms with Crippen molar-refractivity contribution in [3.05, 3.63) is 0 Å². The molecule has 0 aliphatic carbocycles. The van der Waals surface area contributed by atoms with Crippen LogP contribution in [-0.4, -0.2) is 25.3 Å². The Hall–Kier alpha value is -0.0800. The third kappa shape index (κ3) is 4.12. The highest BCUT2D eigenvalue weighted by Crippen LogP contribution is 2.32. The van der Waals surface area contributed by atoms with E-state index in [1.807, 2.05) is 7.11 Å². The van der Waals surface area contributed by atoms with E-state index in [2.05, 4.69) is 46.9 Å². The predicted molar refractivity (Wildman–Crippen MR) is 67.2 cm³/mol. The molecule has 0 aliphatic rings. The number of hydrogen-bond donors (Lipinski definition) is 1. The third-order valence-corrected chi connectivity index (χ3v) is 3.24. The summed E-state index contributed by atoms with van der Waals surface area (Å²) in [6.45, 7) is 14.5. The number of ether oxygens (including phenoxy) is 1. The van der Waals surface area contributed by atoms with Gasteiger partial charge in [0, 0.05) is 13.2 Å². The Morgan fingerprint density at radius 3 is 1.93 bits per heavy atom. The molecule has 0 bridgehead atoms. The third-order valence-electron chi connectivity index (χ3n) is 3.24. The lowest BCUT2D eigenvalue weighted by molar-refractivity contribution is -0.0589. The van der Waals surface area contributed by atoms with Crippen LogP contribution in [0.4, 0.5) is 0 Å². The minimum atomic E-state index is -0.0760. The molecule has 0 saturated heterocycles. The summed E-state index contributed by atoms with van der Waals surface area (Å²) >= 11 is 0. The summed E-state index contributed by atoms with van der Waals surface area (Å²) in [6.07, 6.45) is 2.19. The number of nitrogens with one attached hydrogen (secondary N) is 1. The SMILES string of the molecule is CCCNC(C(C)(C)C)C(C)(CC)OC. The van der Waals surface area contributed by atoms with Crippen molar-refractivity contribution in [2.24, 2.45) is 5.41 Å². The molecular formula is C13H29NO. The van der Waals surface area contributed by atoms with Gasteiger partial charge in [-0.3, -0.25) is 0 Å². The molecule has 0 aromatic heterocycles. The summed E-state index contributed by atoms with van der Waals surface area (Å²) in [5.74, 6) is 0. The van der Waals surface area contributed by atoms with Gasteiger partial charge >= 0.3 is 0 Å². The average molecular weight is 215 g/mol. The van der Waals surface area contributed by atoms with Crippen LogP contribution in [0.5, 0.6) is 0 Å². The van der Waals surface area contributed by atoms with Gasteiger partial charge < -0.3 is 10.1 Å². The van der Waals surface area contributed by atoms with Crippen molar-refractivity contribution in [1.29, 1.82) is 0 Å². The molecule has 0 fully saturated rings. The molecular weight excluding hydrogens is 186 g/mol. The lowest BCUT2D eigenvalue weighted by Gasteiger charge is -2.44. The van der Waals surface area contributed by atoms with E-state index in [4.69, 9.17) is 4.74 Å². The van der Waals surface area contributed by atoms with E-state index < -0.39 is 0 Å². The summed E-state index contributed by atoms with van der Waals surface area (Å²) in [4.78, 5) is 0. The molecule has 0 aromatic rings. The molecule has 15 heavy (non-hydrogen) atoms. The first-order valence-corrected chi connectivity index (χ1v) is 6.10. The van der Waals surface area contributed by atoms with E-state index >= 15 is 0 Å². The standard InChI is InChI=1S/C13H29NO/c1-8-10-14-11(12(3,4)5)13(6,9-2)15-7/h11,14H,8-10H2,1-7H3. The highest BCUT2D eigenvalue weighted by Gasteiger charge is 2.39. The van der Waals surface area contributed by atoms with Gasteiger partial charge in [-0.1, -0.05) is 34.6 Å². The zero-order chi connectivity index (χ0) is 12.1. The summed E-state index contributed by atoms with van der Waals surface area (Å²) in [5.41, 5.74) is 0.142. The van der Waals surface area contributed by atoms with Crippen molar-refractivity contribution in [3.8, 4) is 0 Å². The van der Waals surface area contributed by atoms with Gasteiger partial charge in [0.2, 0.25) is 0 Å². The Kier molecular flexibility index (Phi) is 5.82. The molecule has 2 heteroatoms. The molecule has 2 nitrogen and oxygen atoms in total. The fraction of sp³-hybridized carbons (Fsp3) is 1.00. The van der Waals surface area contributed by atoms with Gasteiger partial charge in [-0.25, -0.2) is 0 Å². The first kappa shape index (κ1) is 14.9. The van der Waals surface area contributed by atoms with Crippen LogP contribution in [0.1, 0.15) is 54.4 Å². The average Bonchev–Trinajstić information content (AvgIpc) is 2.16. The van der Waals surface area contributed by atoms with Crippen LogP contribution in [0.25, 0.3) is 0 Å². The molecule has 1 N–H and O–H groups in total. The number of rotatable bonds is 6. The first-order chi connectivity index (χ1) is 6.81. The lowest BCUT2D eigenvalue weighted by atomic mass is 9.75. The summed E-state index contributed by atoms with van der Waals surface area (Å²) in [6, 6.07) is 0.389. The first-order valence-electron chi connectivity index (χ1n) is 6.10. The zero-order valence-electron chi connectivity index (χ0n) is 11.6. The van der Waals surface area contributed by atoms with Crippen molar-refractivity contribution in [3.63, 3.8) is 0 Å². The minimum absolute atomic E-state index is 0.0760. The van der Waals surface area contributed by atoms with Gasteiger partial charge in [0.25, 0.3) is 0 Å². The van der Waals surface area contributed by atoms with E-state index in [0.29, 0.717) is 6.04 Å². The van der Waals surface area contributed by atoms with E-state index in [9.17, 15) is 0 Å². The summed E-state index contributed by atoms with van der Waals surface area (Å²) in [5, 5.41) is 3.63. The molecule has 0 rings (SSSR count). The second-order valence-electron chi connectivity index (χ2n) is 5.62. The van der Waals surface area contributed by atoms with Crippen LogP contribution in [0.3, 0.4) is 0 Å². The van der Waals surface area contributed by atoms with Crippen molar-refractivity contribution in [2.45, 2.75) is 66.0 Å². The Morgan fingerprint density at radius 2 is 1.67 bits per heavy atom. The molecule has 0 heterocycles. The van der Waals surface area contributed by atoms with E-state index in [1.54, 1.807) is 0 Å². The molecule has 0 aromatic carbocycles. The molecule has 0 amide bonds. The minimum Gasteiger partial charge on any atom is -0.377 e. The van der Waals surface area contributed by atoms with Gasteiger partial charge in [-0.05, 0) is 31.7 Å². The number of hydrogen-bond acceptors (Lipinski definition) is 2. The number of methoxy groups -OCH3 is 1. The van der Waals surface area contributed by atoms with Gasteiger partial charge in [0.1, 0.15) is 0 Å². The second kappa shape index (κ2) is 5.86. The predicted octanol–water partition coefficient (Wildman–Crippen LogP) is 3.22. The van der Waals surface area contributed by atoms with Gasteiger partial charge in [-0.2, -0.15) is 0 Å². The van der Waals surface area contributed by atoms with E-state index in [-0.39, 0.29) is 11.0 Å². The fourth-order valence-electron chi connectivity index (χ4n) is 2.19. The maximum absolute atomic E-state index is 5.71. The van der Waals surface area contributed by atoms with Crippen LogP contribution >= 0.6 is 0 Å². The van der Waals surface area contributed by atoms with Crippen molar-refractivity contribution < 1.29 is 4.74 Å². The van der Waals surface area contributed by atoms with E-state index in [0.717, 1.165) is 19.4 Å². The van der Waals surface area contributed by atoms with Crippen LogP contribution < -0.4 is 5.32 Å². The van der Waals surface area contributed by atoms with Gasteiger partial charge in [0.15, 0.2) is 0 Å². The van der Waals surface area contributed by atoms with E-state index in [1.165, 1.54) is 0 Å². The lowest BCUT2D eigenvalue weighted by Crippen LogP contribution is -2.56. The largest absolute Gasteiger partial charge is 0.377 e. The molecule has 92 valence electrons. The molecule has 2 unspecified atom stereocenters.